The van der Waals surface area contributed by atoms with E-state index in [4.69, 9.17) is 10.5 Å². The molecule has 0 unspecified atom stereocenters. The highest BCUT2D eigenvalue weighted by molar-refractivity contribution is 5.92. The van der Waals surface area contributed by atoms with Crippen LogP contribution in [-0.4, -0.2) is 5.97 Å². The van der Waals surface area contributed by atoms with Crippen LogP contribution in [0.5, 0.6) is 5.75 Å². The highest BCUT2D eigenvalue weighted by Crippen LogP contribution is 2.17. The summed E-state index contributed by atoms with van der Waals surface area (Å²) >= 11 is 0. The molecular weight excluding hydrogens is 226 g/mol. The maximum Gasteiger partial charge on any atom is 0.343 e. The van der Waals surface area contributed by atoms with Gasteiger partial charge in [-0.25, -0.2) is 4.79 Å². The molecule has 0 aliphatic heterocycles. The van der Waals surface area contributed by atoms with Crippen molar-refractivity contribution in [1.82, 2.24) is 0 Å². The zero-order chi connectivity index (χ0) is 13.1. The van der Waals surface area contributed by atoms with Gasteiger partial charge in [0.25, 0.3) is 0 Å². The monoisotopic (exact) mass is 241 g/mol. The second-order valence-corrected chi connectivity index (χ2v) is 4.27. The Labute approximate surface area is 106 Å². The molecule has 2 aromatic rings. The maximum atomic E-state index is 11.9. The first-order chi connectivity index (χ1) is 8.56. The minimum absolute atomic E-state index is 0.398. The van der Waals surface area contributed by atoms with E-state index < -0.39 is 5.97 Å². The van der Waals surface area contributed by atoms with Crippen LogP contribution in [0.25, 0.3) is 0 Å². The van der Waals surface area contributed by atoms with E-state index in [-0.39, 0.29) is 0 Å². The number of rotatable bonds is 2. The number of hydrogen-bond donors (Lipinski definition) is 1. The molecule has 2 rings (SSSR count). The van der Waals surface area contributed by atoms with Crippen LogP contribution in [0.1, 0.15) is 21.5 Å². The first-order valence-corrected chi connectivity index (χ1v) is 5.71. The predicted octanol–water partition coefficient (Wildman–Crippen LogP) is 3.10. The third-order valence-corrected chi connectivity index (χ3v) is 2.75. The van der Waals surface area contributed by atoms with Gasteiger partial charge in [-0.3, -0.25) is 0 Å². The van der Waals surface area contributed by atoms with E-state index >= 15 is 0 Å². The number of nitrogen functional groups attached to an aromatic ring is 1. The Bertz CT molecular complexity index is 574. The molecule has 0 saturated heterocycles. The van der Waals surface area contributed by atoms with E-state index in [1.165, 1.54) is 0 Å². The Morgan fingerprint density at radius 2 is 1.72 bits per heavy atom. The number of hydrogen-bond acceptors (Lipinski definition) is 3. The lowest BCUT2D eigenvalue weighted by molar-refractivity contribution is 0.0735. The highest BCUT2D eigenvalue weighted by Gasteiger charge is 2.09. The fourth-order valence-corrected chi connectivity index (χ4v) is 1.54. The molecule has 2 N–H and O–H groups in total. The summed E-state index contributed by atoms with van der Waals surface area (Å²) in [4.78, 5) is 11.9. The van der Waals surface area contributed by atoms with Crippen molar-refractivity contribution in [3.05, 3.63) is 59.2 Å². The van der Waals surface area contributed by atoms with Crippen molar-refractivity contribution >= 4 is 11.7 Å². The molecule has 0 amide bonds. The molecule has 0 heterocycles. The van der Waals surface area contributed by atoms with Gasteiger partial charge in [0.15, 0.2) is 0 Å². The minimum Gasteiger partial charge on any atom is -0.423 e. The van der Waals surface area contributed by atoms with Crippen LogP contribution in [0, 0.1) is 13.8 Å². The van der Waals surface area contributed by atoms with Gasteiger partial charge in [-0.15, -0.1) is 0 Å². The van der Waals surface area contributed by atoms with Gasteiger partial charge in [-0.05, 0) is 43.7 Å². The summed E-state index contributed by atoms with van der Waals surface area (Å²) in [6.45, 7) is 3.87. The average molecular weight is 241 g/mol. The van der Waals surface area contributed by atoms with Crippen LogP contribution >= 0.6 is 0 Å². The van der Waals surface area contributed by atoms with Gasteiger partial charge in [0.2, 0.25) is 0 Å². The highest BCUT2D eigenvalue weighted by atomic mass is 16.5. The van der Waals surface area contributed by atoms with E-state index in [1.807, 2.05) is 26.0 Å². The molecular formula is C15H15NO2. The maximum absolute atomic E-state index is 11.9. The second kappa shape index (κ2) is 4.92. The third kappa shape index (κ3) is 2.69. The number of nitrogens with two attached hydrogens (primary N) is 1. The second-order valence-electron chi connectivity index (χ2n) is 4.27. The molecule has 0 aromatic heterocycles. The molecule has 0 aliphatic carbocycles. The Morgan fingerprint density at radius 1 is 1.06 bits per heavy atom. The molecule has 0 bridgehead atoms. The molecule has 0 fully saturated rings. The molecule has 2 aromatic carbocycles. The fourth-order valence-electron chi connectivity index (χ4n) is 1.54. The number of aryl methyl sites for hydroxylation is 2. The van der Waals surface area contributed by atoms with Crippen molar-refractivity contribution in [1.29, 1.82) is 0 Å². The first-order valence-electron chi connectivity index (χ1n) is 5.71. The molecule has 0 saturated carbocycles. The number of anilines is 1. The number of benzene rings is 2. The summed E-state index contributed by atoms with van der Waals surface area (Å²) < 4.78 is 5.26. The molecule has 3 heteroatoms. The fraction of sp³-hybridized carbons (Fsp3) is 0.133. The topological polar surface area (TPSA) is 52.3 Å². The molecule has 0 aliphatic rings. The minimum atomic E-state index is -0.398. The zero-order valence-electron chi connectivity index (χ0n) is 10.4. The number of carbonyl (C=O) groups is 1. The number of esters is 1. The van der Waals surface area contributed by atoms with Gasteiger partial charge in [0.1, 0.15) is 5.75 Å². The van der Waals surface area contributed by atoms with Crippen molar-refractivity contribution < 1.29 is 9.53 Å². The van der Waals surface area contributed by atoms with Crippen molar-refractivity contribution in [2.75, 3.05) is 5.73 Å². The van der Waals surface area contributed by atoms with E-state index in [2.05, 4.69) is 0 Å². The molecule has 0 radical (unpaired) electrons. The van der Waals surface area contributed by atoms with E-state index in [1.54, 1.807) is 30.3 Å². The van der Waals surface area contributed by atoms with Crippen LogP contribution in [-0.2, 0) is 0 Å². The summed E-state index contributed by atoms with van der Waals surface area (Å²) in [5.41, 5.74) is 8.88. The van der Waals surface area contributed by atoms with Crippen LogP contribution in [0.4, 0.5) is 5.69 Å². The Morgan fingerprint density at radius 3 is 2.33 bits per heavy atom. The summed E-state index contributed by atoms with van der Waals surface area (Å²) in [7, 11) is 0. The summed E-state index contributed by atoms with van der Waals surface area (Å²) in [6.07, 6.45) is 0. The van der Waals surface area contributed by atoms with Gasteiger partial charge in [0, 0.05) is 5.69 Å². The molecule has 0 atom stereocenters. The van der Waals surface area contributed by atoms with Gasteiger partial charge in [-0.1, -0.05) is 23.8 Å². The SMILES string of the molecule is Cc1ccc(OC(=O)c2ccc(C)c(N)c2)cc1. The van der Waals surface area contributed by atoms with Crippen LogP contribution in [0.3, 0.4) is 0 Å². The number of ether oxygens (including phenoxy) is 1. The lowest BCUT2D eigenvalue weighted by Gasteiger charge is -2.06. The smallest absolute Gasteiger partial charge is 0.343 e. The van der Waals surface area contributed by atoms with Gasteiger partial charge < -0.3 is 10.5 Å². The third-order valence-electron chi connectivity index (χ3n) is 2.75. The first kappa shape index (κ1) is 12.2. The molecule has 3 nitrogen and oxygen atoms in total. The van der Waals surface area contributed by atoms with Crippen LogP contribution in [0.15, 0.2) is 42.5 Å². The average Bonchev–Trinajstić information content (AvgIpc) is 2.35. The summed E-state index contributed by atoms with van der Waals surface area (Å²) in [6, 6.07) is 12.5. The lowest BCUT2D eigenvalue weighted by Crippen LogP contribution is -2.09. The molecule has 18 heavy (non-hydrogen) atoms. The summed E-state index contributed by atoms with van der Waals surface area (Å²) in [5.74, 6) is 0.135. The Balaban J connectivity index is 2.16. The normalized spacial score (nSPS) is 10.1. The zero-order valence-corrected chi connectivity index (χ0v) is 10.4. The van der Waals surface area contributed by atoms with Gasteiger partial charge >= 0.3 is 5.97 Å². The van der Waals surface area contributed by atoms with Crippen LogP contribution in [0.2, 0.25) is 0 Å². The van der Waals surface area contributed by atoms with E-state index in [9.17, 15) is 4.79 Å². The van der Waals surface area contributed by atoms with Gasteiger partial charge in [0.05, 0.1) is 5.56 Å². The standard InChI is InChI=1S/C15H15NO2/c1-10-3-7-13(8-4-10)18-15(17)12-6-5-11(2)14(16)9-12/h3-9H,16H2,1-2H3. The Kier molecular flexibility index (Phi) is 3.33. The molecule has 92 valence electrons. The quantitative estimate of drug-likeness (QED) is 0.499. The number of carbonyl (C=O) groups excluding carboxylic acids is 1. The van der Waals surface area contributed by atoms with Crippen molar-refractivity contribution in [3.8, 4) is 5.75 Å². The summed E-state index contributed by atoms with van der Waals surface area (Å²) in [5, 5.41) is 0. The van der Waals surface area contributed by atoms with E-state index in [0.29, 0.717) is 17.0 Å². The molecule has 0 spiro atoms. The van der Waals surface area contributed by atoms with Crippen LogP contribution < -0.4 is 10.5 Å². The Hall–Kier alpha value is -2.29. The predicted molar refractivity (Wildman–Crippen MR) is 71.7 cm³/mol. The van der Waals surface area contributed by atoms with Gasteiger partial charge in [-0.2, -0.15) is 0 Å². The van der Waals surface area contributed by atoms with Crippen molar-refractivity contribution in [2.45, 2.75) is 13.8 Å². The van der Waals surface area contributed by atoms with Crippen molar-refractivity contribution in [3.63, 3.8) is 0 Å². The van der Waals surface area contributed by atoms with Crippen molar-refractivity contribution in [2.24, 2.45) is 0 Å². The van der Waals surface area contributed by atoms with E-state index in [0.717, 1.165) is 11.1 Å². The lowest BCUT2D eigenvalue weighted by atomic mass is 10.1. The largest absolute Gasteiger partial charge is 0.423 e.